The Hall–Kier alpha value is -1.80. The molecule has 0 spiro atoms. The average molecular weight is 541 g/mol. The van der Waals surface area contributed by atoms with Gasteiger partial charge in [0.1, 0.15) is 0 Å². The Morgan fingerprint density at radius 3 is 2.43 bits per heavy atom. The number of likely N-dealkylation sites (tertiary alicyclic amines) is 1. The zero-order valence-electron chi connectivity index (χ0n) is 17.6. The number of benzene rings is 2. The summed E-state index contributed by atoms with van der Waals surface area (Å²) in [5, 5.41) is 4.12. The van der Waals surface area contributed by atoms with E-state index in [1.807, 2.05) is 48.3 Å². The van der Waals surface area contributed by atoms with E-state index in [1.54, 1.807) is 0 Å². The first kappa shape index (κ1) is 24.5. The highest BCUT2D eigenvalue weighted by atomic mass is 127. The van der Waals surface area contributed by atoms with Gasteiger partial charge in [-0.05, 0) is 36.1 Å². The second-order valence-corrected chi connectivity index (χ2v) is 7.71. The number of amides is 1. The van der Waals surface area contributed by atoms with Crippen molar-refractivity contribution in [1.29, 1.82) is 0 Å². The summed E-state index contributed by atoms with van der Waals surface area (Å²) in [5.41, 5.74) is 3.38. The van der Waals surface area contributed by atoms with Crippen LogP contribution in [0.4, 0.5) is 0 Å². The molecule has 0 saturated carbocycles. The monoisotopic (exact) mass is 540 g/mol. The number of hydrogen-bond donors (Lipinski definition) is 1. The molecule has 162 valence electrons. The van der Waals surface area contributed by atoms with Gasteiger partial charge in [-0.3, -0.25) is 4.79 Å². The van der Waals surface area contributed by atoms with Crippen molar-refractivity contribution in [3.05, 3.63) is 70.2 Å². The van der Waals surface area contributed by atoms with Gasteiger partial charge in [0, 0.05) is 44.7 Å². The minimum Gasteiger partial charge on any atom is -0.357 e. The molecule has 3 rings (SSSR count). The maximum Gasteiger partial charge on any atom is 0.222 e. The summed E-state index contributed by atoms with van der Waals surface area (Å²) in [6.07, 6.45) is 1.62. The molecule has 1 fully saturated rings. The number of nitrogens with one attached hydrogen (secondary N) is 1. The zero-order chi connectivity index (χ0) is 20.6. The number of rotatable bonds is 7. The van der Waals surface area contributed by atoms with Crippen LogP contribution >= 0.6 is 35.6 Å². The smallest absolute Gasteiger partial charge is 0.222 e. The summed E-state index contributed by atoms with van der Waals surface area (Å²) in [7, 11) is 2.01. The molecule has 1 aliphatic heterocycles. The Labute approximate surface area is 201 Å². The molecule has 5 nitrogen and oxygen atoms in total. The Kier molecular flexibility index (Phi) is 9.91. The Morgan fingerprint density at radius 2 is 1.80 bits per heavy atom. The Balaban J connectivity index is 0.00000320. The summed E-state index contributed by atoms with van der Waals surface area (Å²) in [6.45, 7) is 5.60. The van der Waals surface area contributed by atoms with Crippen LogP contribution < -0.4 is 5.32 Å². The fraction of sp³-hybridized carbons (Fsp3) is 0.391. The van der Waals surface area contributed by atoms with Gasteiger partial charge in [0.05, 0.1) is 6.54 Å². The molecule has 0 atom stereocenters. The molecule has 0 unspecified atom stereocenters. The zero-order valence-corrected chi connectivity index (χ0v) is 20.7. The van der Waals surface area contributed by atoms with Crippen LogP contribution in [0.15, 0.2) is 53.5 Å². The number of guanidine groups is 1. The van der Waals surface area contributed by atoms with Crippen LogP contribution in [-0.4, -0.2) is 41.8 Å². The van der Waals surface area contributed by atoms with E-state index in [4.69, 9.17) is 16.6 Å². The molecule has 1 N–H and O–H groups in total. The van der Waals surface area contributed by atoms with Gasteiger partial charge < -0.3 is 15.1 Å². The highest BCUT2D eigenvalue weighted by Gasteiger charge is 2.20. The SMILES string of the molecule is CCNC(=NCc1ccccc1CN1CCCC1=O)N(C)Cc1ccccc1Cl.I. The van der Waals surface area contributed by atoms with Crippen LogP contribution in [0.25, 0.3) is 0 Å². The van der Waals surface area contributed by atoms with Crippen molar-refractivity contribution < 1.29 is 4.79 Å². The van der Waals surface area contributed by atoms with Crippen LogP contribution in [0, 0.1) is 0 Å². The summed E-state index contributed by atoms with van der Waals surface area (Å²) in [4.78, 5) is 20.9. The van der Waals surface area contributed by atoms with E-state index in [9.17, 15) is 4.79 Å². The highest BCUT2D eigenvalue weighted by Crippen LogP contribution is 2.19. The molecular weight excluding hydrogens is 511 g/mol. The van der Waals surface area contributed by atoms with E-state index in [0.29, 0.717) is 26.1 Å². The summed E-state index contributed by atoms with van der Waals surface area (Å²) < 4.78 is 0. The second kappa shape index (κ2) is 12.2. The van der Waals surface area contributed by atoms with Crippen LogP contribution in [0.1, 0.15) is 36.5 Å². The standard InChI is InChI=1S/C23H29ClN4O.HI/c1-3-25-23(27(2)16-20-11-6-7-12-21(20)24)26-15-18-9-4-5-10-19(18)17-28-14-8-13-22(28)29;/h4-7,9-12H,3,8,13-17H2,1-2H3,(H,25,26);1H. The van der Waals surface area contributed by atoms with E-state index in [0.717, 1.165) is 47.2 Å². The summed E-state index contributed by atoms with van der Waals surface area (Å²) in [5.74, 6) is 1.08. The lowest BCUT2D eigenvalue weighted by Crippen LogP contribution is -2.38. The first-order valence-electron chi connectivity index (χ1n) is 10.2. The molecule has 2 aromatic rings. The molecule has 1 aliphatic rings. The fourth-order valence-electron chi connectivity index (χ4n) is 3.53. The summed E-state index contributed by atoms with van der Waals surface area (Å²) >= 11 is 6.32. The van der Waals surface area contributed by atoms with Crippen molar-refractivity contribution in [2.45, 2.75) is 39.4 Å². The number of halogens is 2. The normalized spacial score (nSPS) is 13.9. The molecule has 7 heteroatoms. The number of nitrogens with zero attached hydrogens (tertiary/aromatic N) is 3. The van der Waals surface area contributed by atoms with Crippen molar-refractivity contribution in [3.63, 3.8) is 0 Å². The maximum atomic E-state index is 12.0. The Morgan fingerprint density at radius 1 is 1.13 bits per heavy atom. The largest absolute Gasteiger partial charge is 0.357 e. The van der Waals surface area contributed by atoms with Crippen molar-refractivity contribution >= 4 is 47.4 Å². The van der Waals surface area contributed by atoms with Gasteiger partial charge >= 0.3 is 0 Å². The van der Waals surface area contributed by atoms with Gasteiger partial charge in [-0.1, -0.05) is 54.1 Å². The molecule has 0 aliphatic carbocycles. The van der Waals surface area contributed by atoms with Crippen molar-refractivity contribution in [2.24, 2.45) is 4.99 Å². The number of carbonyl (C=O) groups is 1. The minimum absolute atomic E-state index is 0. The van der Waals surface area contributed by atoms with E-state index in [-0.39, 0.29) is 29.9 Å². The Bertz CT molecular complexity index is 874. The lowest BCUT2D eigenvalue weighted by molar-refractivity contribution is -0.128. The lowest BCUT2D eigenvalue weighted by Gasteiger charge is -2.23. The molecule has 1 amide bonds. The summed E-state index contributed by atoms with van der Waals surface area (Å²) in [6, 6.07) is 16.1. The highest BCUT2D eigenvalue weighted by molar-refractivity contribution is 14.0. The van der Waals surface area contributed by atoms with Gasteiger partial charge in [-0.15, -0.1) is 24.0 Å². The molecule has 0 radical (unpaired) electrons. The lowest BCUT2D eigenvalue weighted by atomic mass is 10.1. The number of carbonyl (C=O) groups excluding carboxylic acids is 1. The van der Waals surface area contributed by atoms with Crippen LogP contribution in [0.3, 0.4) is 0 Å². The van der Waals surface area contributed by atoms with Gasteiger partial charge in [-0.2, -0.15) is 0 Å². The first-order valence-corrected chi connectivity index (χ1v) is 10.5. The van der Waals surface area contributed by atoms with Crippen LogP contribution in [0.5, 0.6) is 0 Å². The quantitative estimate of drug-likeness (QED) is 0.315. The predicted molar refractivity (Wildman–Crippen MR) is 134 cm³/mol. The second-order valence-electron chi connectivity index (χ2n) is 7.31. The topological polar surface area (TPSA) is 47.9 Å². The van der Waals surface area contributed by atoms with E-state index < -0.39 is 0 Å². The van der Waals surface area contributed by atoms with Crippen molar-refractivity contribution in [3.8, 4) is 0 Å². The van der Waals surface area contributed by atoms with E-state index >= 15 is 0 Å². The number of aliphatic imine (C=N–C) groups is 1. The third-order valence-electron chi connectivity index (χ3n) is 5.11. The fourth-order valence-corrected chi connectivity index (χ4v) is 3.73. The van der Waals surface area contributed by atoms with E-state index in [2.05, 4.69) is 29.3 Å². The van der Waals surface area contributed by atoms with Gasteiger partial charge in [0.25, 0.3) is 0 Å². The molecule has 0 aromatic heterocycles. The van der Waals surface area contributed by atoms with E-state index in [1.165, 1.54) is 0 Å². The van der Waals surface area contributed by atoms with Gasteiger partial charge in [-0.25, -0.2) is 4.99 Å². The average Bonchev–Trinajstić information content (AvgIpc) is 3.12. The van der Waals surface area contributed by atoms with Crippen molar-refractivity contribution in [2.75, 3.05) is 20.1 Å². The molecule has 30 heavy (non-hydrogen) atoms. The van der Waals surface area contributed by atoms with Crippen LogP contribution in [0.2, 0.25) is 5.02 Å². The van der Waals surface area contributed by atoms with Gasteiger partial charge in [0.15, 0.2) is 5.96 Å². The third-order valence-corrected chi connectivity index (χ3v) is 5.48. The number of hydrogen-bond acceptors (Lipinski definition) is 2. The van der Waals surface area contributed by atoms with Gasteiger partial charge in [0.2, 0.25) is 5.91 Å². The van der Waals surface area contributed by atoms with Crippen molar-refractivity contribution in [1.82, 2.24) is 15.1 Å². The maximum absolute atomic E-state index is 12.0. The third kappa shape index (κ3) is 6.60. The molecular formula is C23H30ClIN4O. The predicted octanol–water partition coefficient (Wildman–Crippen LogP) is 4.68. The first-order chi connectivity index (χ1) is 14.1. The molecule has 1 saturated heterocycles. The molecule has 1 heterocycles. The molecule has 0 bridgehead atoms. The van der Waals surface area contributed by atoms with Crippen LogP contribution in [-0.2, 0) is 24.4 Å². The molecule has 2 aromatic carbocycles. The minimum atomic E-state index is 0.